The van der Waals surface area contributed by atoms with Crippen molar-refractivity contribution in [2.45, 2.75) is 32.0 Å². The second-order valence-electron chi connectivity index (χ2n) is 9.51. The van der Waals surface area contributed by atoms with E-state index >= 15 is 0 Å². The number of piperidine rings is 1. The summed E-state index contributed by atoms with van der Waals surface area (Å²) in [6.45, 7) is 3.27. The number of amides is 2. The average Bonchev–Trinajstić information content (AvgIpc) is 3.29. The fourth-order valence-electron chi connectivity index (χ4n) is 4.69. The van der Waals surface area contributed by atoms with Crippen LogP contribution in [0.2, 0.25) is 5.02 Å². The van der Waals surface area contributed by atoms with Crippen molar-refractivity contribution in [2.24, 2.45) is 5.73 Å². The predicted molar refractivity (Wildman–Crippen MR) is 154 cm³/mol. The van der Waals surface area contributed by atoms with Crippen LogP contribution in [0.25, 0.3) is 10.9 Å². The molecule has 1 aromatic heterocycles. The molecule has 1 fully saturated rings. The van der Waals surface area contributed by atoms with Gasteiger partial charge in [0, 0.05) is 60.1 Å². The summed E-state index contributed by atoms with van der Waals surface area (Å²) in [6, 6.07) is 22.7. The number of phenols is 1. The lowest BCUT2D eigenvalue weighted by Gasteiger charge is -2.32. The van der Waals surface area contributed by atoms with Gasteiger partial charge in [-0.25, -0.2) is 0 Å². The van der Waals surface area contributed by atoms with E-state index in [1.807, 2.05) is 41.1 Å². The Bertz CT molecular complexity index is 1450. The molecule has 39 heavy (non-hydrogen) atoms. The number of likely N-dealkylation sites (tertiary alicyclic amines) is 1. The van der Waals surface area contributed by atoms with Crippen LogP contribution in [-0.4, -0.2) is 51.7 Å². The first-order valence-corrected chi connectivity index (χ1v) is 13.1. The van der Waals surface area contributed by atoms with Gasteiger partial charge in [-0.05, 0) is 42.7 Å². The van der Waals surface area contributed by atoms with Gasteiger partial charge in [-0.1, -0.05) is 60.1 Å². The SMILES string of the molecule is N=Cc1cn(CC(=O)NC2CCN(Cc3ccccc3)CC2)c2ccccc12.NC(=O)c1ccc(O)c(Cl)c1. The Labute approximate surface area is 232 Å². The highest BCUT2D eigenvalue weighted by molar-refractivity contribution is 6.32. The molecular formula is C30H32ClN5O3. The van der Waals surface area contributed by atoms with E-state index in [2.05, 4.69) is 34.5 Å². The fraction of sp³-hybridized carbons (Fsp3) is 0.233. The summed E-state index contributed by atoms with van der Waals surface area (Å²) in [4.78, 5) is 25.6. The molecule has 5 N–H and O–H groups in total. The van der Waals surface area contributed by atoms with Crippen LogP contribution < -0.4 is 11.1 Å². The van der Waals surface area contributed by atoms with E-state index in [0.29, 0.717) is 6.54 Å². The Balaban J connectivity index is 0.000000270. The van der Waals surface area contributed by atoms with E-state index in [1.54, 1.807) is 0 Å². The van der Waals surface area contributed by atoms with Gasteiger partial charge in [-0.3, -0.25) is 14.5 Å². The van der Waals surface area contributed by atoms with Gasteiger partial charge < -0.3 is 26.1 Å². The van der Waals surface area contributed by atoms with E-state index in [4.69, 9.17) is 27.9 Å². The highest BCUT2D eigenvalue weighted by atomic mass is 35.5. The summed E-state index contributed by atoms with van der Waals surface area (Å²) in [7, 11) is 0. The van der Waals surface area contributed by atoms with Crippen LogP contribution >= 0.6 is 11.6 Å². The number of carbonyl (C=O) groups is 2. The summed E-state index contributed by atoms with van der Waals surface area (Å²) in [5.74, 6) is -0.581. The highest BCUT2D eigenvalue weighted by Gasteiger charge is 2.21. The average molecular weight is 546 g/mol. The number of fused-ring (bicyclic) bond motifs is 1. The zero-order chi connectivity index (χ0) is 27.8. The smallest absolute Gasteiger partial charge is 0.248 e. The van der Waals surface area contributed by atoms with Crippen LogP contribution in [-0.2, 0) is 17.9 Å². The van der Waals surface area contributed by atoms with Crippen LogP contribution in [0.15, 0.2) is 79.0 Å². The Morgan fingerprint density at radius 3 is 2.41 bits per heavy atom. The van der Waals surface area contributed by atoms with E-state index in [-0.39, 0.29) is 28.3 Å². The van der Waals surface area contributed by atoms with Crippen molar-refractivity contribution in [1.82, 2.24) is 14.8 Å². The number of halogens is 1. The number of hydrogen-bond donors (Lipinski definition) is 4. The molecule has 1 saturated heterocycles. The zero-order valence-electron chi connectivity index (χ0n) is 21.5. The second kappa shape index (κ2) is 13.1. The van der Waals surface area contributed by atoms with Gasteiger partial charge in [0.2, 0.25) is 11.8 Å². The first-order valence-electron chi connectivity index (χ1n) is 12.8. The third-order valence-electron chi connectivity index (χ3n) is 6.72. The molecule has 3 aromatic carbocycles. The number of aromatic nitrogens is 1. The van der Waals surface area contributed by atoms with Gasteiger partial charge >= 0.3 is 0 Å². The van der Waals surface area contributed by atoms with Gasteiger partial charge in [-0.2, -0.15) is 0 Å². The number of nitrogens with one attached hydrogen (secondary N) is 2. The Morgan fingerprint density at radius 2 is 1.74 bits per heavy atom. The molecule has 1 aliphatic rings. The van der Waals surface area contributed by atoms with Gasteiger partial charge in [0.25, 0.3) is 0 Å². The van der Waals surface area contributed by atoms with Crippen molar-refractivity contribution in [3.05, 3.63) is 101 Å². The number of rotatable bonds is 7. The van der Waals surface area contributed by atoms with Gasteiger partial charge in [0.15, 0.2) is 0 Å². The van der Waals surface area contributed by atoms with Crippen molar-refractivity contribution in [3.8, 4) is 5.75 Å². The normalized spacial score (nSPS) is 13.9. The summed E-state index contributed by atoms with van der Waals surface area (Å²) in [6.07, 6.45) is 5.20. The van der Waals surface area contributed by atoms with Crippen LogP contribution in [0.5, 0.6) is 5.75 Å². The summed E-state index contributed by atoms with van der Waals surface area (Å²) >= 11 is 5.50. The van der Waals surface area contributed by atoms with E-state index in [9.17, 15) is 9.59 Å². The summed E-state index contributed by atoms with van der Waals surface area (Å²) in [5, 5.41) is 20.9. The number of phenolic OH excluding ortho intramolecular Hbond substituents is 1. The molecule has 2 amide bonds. The van der Waals surface area contributed by atoms with Gasteiger partial charge in [0.05, 0.1) is 5.02 Å². The van der Waals surface area contributed by atoms with E-state index < -0.39 is 5.91 Å². The first kappa shape index (κ1) is 27.9. The number of aromatic hydroxyl groups is 1. The molecule has 202 valence electrons. The number of hydrogen-bond acceptors (Lipinski definition) is 5. The minimum absolute atomic E-state index is 0.0405. The minimum Gasteiger partial charge on any atom is -0.506 e. The quantitative estimate of drug-likeness (QED) is 0.254. The molecule has 0 atom stereocenters. The van der Waals surface area contributed by atoms with E-state index in [1.165, 1.54) is 30.0 Å². The fourth-order valence-corrected chi connectivity index (χ4v) is 4.87. The third-order valence-corrected chi connectivity index (χ3v) is 7.03. The molecule has 0 saturated carbocycles. The molecule has 0 aliphatic carbocycles. The zero-order valence-corrected chi connectivity index (χ0v) is 22.3. The number of para-hydroxylation sites is 1. The standard InChI is InChI=1S/C23H26N4O.C7H6ClNO2/c24-14-19-16-27(22-9-5-4-8-21(19)22)17-23(28)25-20-10-12-26(13-11-20)15-18-6-2-1-3-7-18;8-5-3-4(7(9)11)1-2-6(5)10/h1-9,14,16,20,24H,10-13,15,17H2,(H,25,28);1-3,10H,(H2,9,11). The largest absolute Gasteiger partial charge is 0.506 e. The molecule has 8 nitrogen and oxygen atoms in total. The maximum absolute atomic E-state index is 12.6. The molecule has 9 heteroatoms. The van der Waals surface area contributed by atoms with Crippen molar-refractivity contribution in [3.63, 3.8) is 0 Å². The Hall–Kier alpha value is -4.14. The lowest BCUT2D eigenvalue weighted by atomic mass is 10.0. The molecule has 0 unspecified atom stereocenters. The van der Waals surface area contributed by atoms with Crippen LogP contribution in [0, 0.1) is 5.41 Å². The summed E-state index contributed by atoms with van der Waals surface area (Å²) in [5.41, 5.74) is 8.42. The maximum atomic E-state index is 12.6. The number of benzene rings is 3. The van der Waals surface area contributed by atoms with Crippen molar-refractivity contribution in [1.29, 1.82) is 5.41 Å². The van der Waals surface area contributed by atoms with Crippen LogP contribution in [0.1, 0.15) is 34.3 Å². The molecular weight excluding hydrogens is 514 g/mol. The number of carbonyl (C=O) groups excluding carboxylic acids is 2. The monoisotopic (exact) mass is 545 g/mol. The van der Waals surface area contributed by atoms with Gasteiger partial charge in [-0.15, -0.1) is 0 Å². The summed E-state index contributed by atoms with van der Waals surface area (Å²) < 4.78 is 1.94. The van der Waals surface area contributed by atoms with E-state index in [0.717, 1.165) is 48.9 Å². The van der Waals surface area contributed by atoms with Crippen LogP contribution in [0.3, 0.4) is 0 Å². The first-order chi connectivity index (χ1) is 18.8. The Morgan fingerprint density at radius 1 is 1.05 bits per heavy atom. The molecule has 1 aliphatic heterocycles. The molecule has 5 rings (SSSR count). The maximum Gasteiger partial charge on any atom is 0.248 e. The molecule has 0 bridgehead atoms. The lowest BCUT2D eigenvalue weighted by molar-refractivity contribution is -0.122. The number of nitrogens with two attached hydrogens (primary N) is 1. The lowest BCUT2D eigenvalue weighted by Crippen LogP contribution is -2.45. The topological polar surface area (TPSA) is 124 Å². The van der Waals surface area contributed by atoms with Crippen LogP contribution in [0.4, 0.5) is 0 Å². The minimum atomic E-state index is -0.563. The number of primary amides is 1. The van der Waals surface area contributed by atoms with Gasteiger partial charge in [0.1, 0.15) is 12.3 Å². The predicted octanol–water partition coefficient (Wildman–Crippen LogP) is 4.56. The molecule has 2 heterocycles. The highest BCUT2D eigenvalue weighted by Crippen LogP contribution is 2.23. The number of nitrogens with zero attached hydrogens (tertiary/aromatic N) is 2. The van der Waals surface area contributed by atoms with Crippen molar-refractivity contribution in [2.75, 3.05) is 13.1 Å². The van der Waals surface area contributed by atoms with Crippen molar-refractivity contribution < 1.29 is 14.7 Å². The molecule has 4 aromatic rings. The molecule has 0 radical (unpaired) electrons. The third kappa shape index (κ3) is 7.46. The molecule has 0 spiro atoms. The second-order valence-corrected chi connectivity index (χ2v) is 9.92. The Kier molecular flexibility index (Phi) is 9.35. The van der Waals surface area contributed by atoms with Crippen molar-refractivity contribution >= 4 is 40.5 Å².